The molecule has 2 aromatic carbocycles. The molecule has 2 amide bonds. The van der Waals surface area contributed by atoms with Gasteiger partial charge < -0.3 is 10.2 Å². The molecule has 0 spiro atoms. The van der Waals surface area contributed by atoms with Crippen molar-refractivity contribution in [3.63, 3.8) is 0 Å². The van der Waals surface area contributed by atoms with Gasteiger partial charge in [-0.1, -0.05) is 23.7 Å². The van der Waals surface area contributed by atoms with Crippen molar-refractivity contribution in [3.05, 3.63) is 64.7 Å². The molecule has 0 bridgehead atoms. The van der Waals surface area contributed by atoms with Crippen molar-refractivity contribution < 1.29 is 26.8 Å². The average Bonchev–Trinajstić information content (AvgIpc) is 2.70. The molecule has 0 saturated heterocycles. The molecule has 1 N–H and O–H groups in total. The van der Waals surface area contributed by atoms with Crippen LogP contribution in [0.5, 0.6) is 0 Å². The Bertz CT molecular complexity index is 1080. The number of benzene rings is 2. The average molecular weight is 474 g/mol. The van der Waals surface area contributed by atoms with Gasteiger partial charge in [-0.05, 0) is 36.8 Å². The van der Waals surface area contributed by atoms with Gasteiger partial charge in [-0.3, -0.25) is 13.9 Å². The molecule has 0 aromatic heterocycles. The summed E-state index contributed by atoms with van der Waals surface area (Å²) in [6, 6.07) is 8.20. The van der Waals surface area contributed by atoms with Crippen LogP contribution in [0.2, 0.25) is 5.02 Å². The summed E-state index contributed by atoms with van der Waals surface area (Å²) in [7, 11) is -2.62. The lowest BCUT2D eigenvalue weighted by atomic mass is 10.1. The van der Waals surface area contributed by atoms with Crippen molar-refractivity contribution in [2.45, 2.75) is 19.5 Å². The van der Waals surface area contributed by atoms with Crippen LogP contribution in [0.15, 0.2) is 42.5 Å². The molecule has 31 heavy (non-hydrogen) atoms. The minimum Gasteiger partial charge on any atom is -0.357 e. The van der Waals surface area contributed by atoms with E-state index < -0.39 is 46.1 Å². The number of nitrogens with zero attached hydrogens (tertiary/aromatic N) is 2. The number of amides is 2. The molecule has 0 aliphatic rings. The highest BCUT2D eigenvalue weighted by Crippen LogP contribution is 2.22. The van der Waals surface area contributed by atoms with Crippen LogP contribution < -0.4 is 9.62 Å². The van der Waals surface area contributed by atoms with E-state index in [0.29, 0.717) is 21.0 Å². The third kappa shape index (κ3) is 6.38. The van der Waals surface area contributed by atoms with Crippen molar-refractivity contribution in [1.29, 1.82) is 0 Å². The van der Waals surface area contributed by atoms with Gasteiger partial charge in [0, 0.05) is 24.7 Å². The van der Waals surface area contributed by atoms with Crippen LogP contribution >= 0.6 is 11.6 Å². The van der Waals surface area contributed by atoms with Crippen molar-refractivity contribution in [2.24, 2.45) is 0 Å². The molecule has 2 aromatic rings. The number of halogens is 3. The van der Waals surface area contributed by atoms with Gasteiger partial charge in [-0.25, -0.2) is 17.2 Å². The van der Waals surface area contributed by atoms with Crippen LogP contribution in [0.4, 0.5) is 14.5 Å². The molecule has 0 unspecified atom stereocenters. The topological polar surface area (TPSA) is 86.8 Å². The summed E-state index contributed by atoms with van der Waals surface area (Å²) < 4.78 is 52.2. The van der Waals surface area contributed by atoms with Crippen molar-refractivity contribution >= 4 is 39.1 Å². The van der Waals surface area contributed by atoms with Gasteiger partial charge >= 0.3 is 0 Å². The Labute approximate surface area is 184 Å². The highest BCUT2D eigenvalue weighted by Gasteiger charge is 2.30. The second kappa shape index (κ2) is 10.1. The lowest BCUT2D eigenvalue weighted by Gasteiger charge is -2.31. The summed E-state index contributed by atoms with van der Waals surface area (Å²) in [6.45, 7) is 0.749. The Hall–Kier alpha value is -2.72. The van der Waals surface area contributed by atoms with E-state index in [0.717, 1.165) is 18.4 Å². The quantitative estimate of drug-likeness (QED) is 0.638. The van der Waals surface area contributed by atoms with E-state index in [1.54, 1.807) is 24.3 Å². The molecule has 1 atom stereocenters. The van der Waals surface area contributed by atoms with E-state index >= 15 is 0 Å². The molecule has 2 rings (SSSR count). The van der Waals surface area contributed by atoms with Crippen molar-refractivity contribution in [2.75, 3.05) is 24.2 Å². The van der Waals surface area contributed by atoms with Gasteiger partial charge in [0.15, 0.2) is 11.6 Å². The van der Waals surface area contributed by atoms with E-state index in [-0.39, 0.29) is 12.2 Å². The molecule has 0 fully saturated rings. The number of carbonyl (C=O) groups is 2. The van der Waals surface area contributed by atoms with Crippen molar-refractivity contribution in [1.82, 2.24) is 10.2 Å². The second-order valence-electron chi connectivity index (χ2n) is 6.81. The van der Waals surface area contributed by atoms with E-state index in [1.165, 1.54) is 18.9 Å². The maximum atomic E-state index is 13.7. The molecule has 0 aliphatic carbocycles. The number of hydrogen-bond acceptors (Lipinski definition) is 4. The second-order valence-corrected chi connectivity index (χ2v) is 9.15. The summed E-state index contributed by atoms with van der Waals surface area (Å²) in [5, 5.41) is 2.87. The zero-order valence-electron chi connectivity index (χ0n) is 17.1. The number of hydrogen-bond donors (Lipinski definition) is 1. The molecule has 0 aliphatic heterocycles. The summed E-state index contributed by atoms with van der Waals surface area (Å²) in [5.74, 6) is -3.59. The summed E-state index contributed by atoms with van der Waals surface area (Å²) in [6.07, 6.45) is 0.838. The van der Waals surface area contributed by atoms with Crippen LogP contribution in [-0.4, -0.2) is 51.0 Å². The molecule has 0 radical (unpaired) electrons. The molecular formula is C20H22ClF2N3O4S. The highest BCUT2D eigenvalue weighted by molar-refractivity contribution is 7.92. The first-order chi connectivity index (χ1) is 14.4. The zero-order valence-corrected chi connectivity index (χ0v) is 18.7. The van der Waals surface area contributed by atoms with Gasteiger partial charge in [0.2, 0.25) is 21.8 Å². The van der Waals surface area contributed by atoms with Gasteiger partial charge in [0.05, 0.1) is 11.9 Å². The fourth-order valence-corrected chi connectivity index (χ4v) is 3.93. The molecular weight excluding hydrogens is 452 g/mol. The summed E-state index contributed by atoms with van der Waals surface area (Å²) >= 11 is 5.99. The number of anilines is 1. The largest absolute Gasteiger partial charge is 0.357 e. The first-order valence-electron chi connectivity index (χ1n) is 9.12. The summed E-state index contributed by atoms with van der Waals surface area (Å²) in [4.78, 5) is 26.5. The van der Waals surface area contributed by atoms with E-state index in [1.807, 2.05) is 0 Å². The molecule has 0 heterocycles. The highest BCUT2D eigenvalue weighted by atomic mass is 35.5. The Balaban J connectivity index is 2.40. The van der Waals surface area contributed by atoms with Gasteiger partial charge in [-0.2, -0.15) is 0 Å². The standard InChI is InChI=1S/C20H22ClF2N3O4S/c1-13(20(28)24-2)25(11-14-5-4-6-15(21)9-14)19(27)12-26(31(3,29)30)16-7-8-17(22)18(23)10-16/h4-10,13H,11-12H2,1-3H3,(H,24,28)/t13-/m1/s1. The normalized spacial score (nSPS) is 12.2. The Morgan fingerprint density at radius 2 is 1.81 bits per heavy atom. The predicted molar refractivity (Wildman–Crippen MR) is 114 cm³/mol. The zero-order chi connectivity index (χ0) is 23.3. The third-order valence-corrected chi connectivity index (χ3v) is 5.90. The van der Waals surface area contributed by atoms with Gasteiger partial charge in [-0.15, -0.1) is 0 Å². The molecule has 0 saturated carbocycles. The SMILES string of the molecule is CNC(=O)[C@@H](C)N(Cc1cccc(Cl)c1)C(=O)CN(c1ccc(F)c(F)c1)S(C)(=O)=O. The third-order valence-electron chi connectivity index (χ3n) is 4.53. The maximum Gasteiger partial charge on any atom is 0.244 e. The number of likely N-dealkylation sites (N-methyl/N-ethyl adjacent to an activating group) is 1. The van der Waals surface area contributed by atoms with Crippen LogP contribution in [0.1, 0.15) is 12.5 Å². The minimum absolute atomic E-state index is 0.0244. The van der Waals surface area contributed by atoms with Gasteiger partial charge in [0.1, 0.15) is 12.6 Å². The Morgan fingerprint density at radius 1 is 1.13 bits per heavy atom. The smallest absolute Gasteiger partial charge is 0.244 e. The van der Waals surface area contributed by atoms with Crippen LogP contribution in [-0.2, 0) is 26.2 Å². The first kappa shape index (κ1) is 24.5. The van der Waals surface area contributed by atoms with E-state index in [4.69, 9.17) is 11.6 Å². The number of nitrogens with one attached hydrogen (secondary N) is 1. The van der Waals surface area contributed by atoms with Gasteiger partial charge in [0.25, 0.3) is 0 Å². The fraction of sp³-hybridized carbons (Fsp3) is 0.300. The van der Waals surface area contributed by atoms with E-state index in [9.17, 15) is 26.8 Å². The lowest BCUT2D eigenvalue weighted by Crippen LogP contribution is -2.50. The number of carbonyl (C=O) groups excluding carboxylic acids is 2. The van der Waals surface area contributed by atoms with E-state index in [2.05, 4.69) is 5.32 Å². The van der Waals surface area contributed by atoms with Crippen LogP contribution in [0, 0.1) is 11.6 Å². The van der Waals surface area contributed by atoms with Crippen LogP contribution in [0.25, 0.3) is 0 Å². The minimum atomic E-state index is -4.03. The Morgan fingerprint density at radius 3 is 2.35 bits per heavy atom. The van der Waals surface area contributed by atoms with Crippen LogP contribution in [0.3, 0.4) is 0 Å². The fourth-order valence-electron chi connectivity index (χ4n) is 2.88. The molecule has 11 heteroatoms. The predicted octanol–water partition coefficient (Wildman–Crippen LogP) is 2.55. The maximum absolute atomic E-state index is 13.7. The Kier molecular flexibility index (Phi) is 7.96. The molecule has 7 nitrogen and oxygen atoms in total. The molecule has 168 valence electrons. The lowest BCUT2D eigenvalue weighted by molar-refractivity contribution is -0.139. The number of rotatable bonds is 8. The summed E-state index contributed by atoms with van der Waals surface area (Å²) in [5.41, 5.74) is 0.403. The monoisotopic (exact) mass is 473 g/mol. The number of sulfonamides is 1. The first-order valence-corrected chi connectivity index (χ1v) is 11.3. The van der Waals surface area contributed by atoms with Crippen molar-refractivity contribution in [3.8, 4) is 0 Å².